The summed E-state index contributed by atoms with van der Waals surface area (Å²) in [5.41, 5.74) is -27.4. The average Bonchev–Trinajstić information content (AvgIpc) is 3.37. The maximum absolute atomic E-state index is 14.2. The zero-order valence-corrected chi connectivity index (χ0v) is 39.0. The summed E-state index contributed by atoms with van der Waals surface area (Å²) in [6.07, 6.45) is -54.8. The Labute approximate surface area is 428 Å². The van der Waals surface area contributed by atoms with E-state index in [0.29, 0.717) is 12.3 Å². The third-order valence-corrected chi connectivity index (χ3v) is 12.4. The third-order valence-electron chi connectivity index (χ3n) is 12.0. The molecule has 7 aromatic rings. The molecule has 0 aliphatic heterocycles. The number of halogens is 24. The molecule has 0 bridgehead atoms. The smallest absolute Gasteiger partial charge is 0.287 e. The fourth-order valence-electron chi connectivity index (χ4n) is 8.56. The largest absolute Gasteiger partial charge is 0.416 e. The lowest BCUT2D eigenvalue weighted by Crippen LogP contribution is -2.75. The number of hydrogen-bond donors (Lipinski definition) is 1. The van der Waals surface area contributed by atoms with Crippen molar-refractivity contribution in [2.75, 3.05) is 0 Å². The highest BCUT2D eigenvalue weighted by Gasteiger charge is 2.47. The highest BCUT2D eigenvalue weighted by atomic mass is 32.1. The molecule has 0 saturated carbocycles. The summed E-state index contributed by atoms with van der Waals surface area (Å²) in [6, 6.07) is 12.8. The molecule has 78 heavy (non-hydrogen) atoms. The van der Waals surface area contributed by atoms with Gasteiger partial charge >= 0.3 is 49.4 Å². The van der Waals surface area contributed by atoms with Gasteiger partial charge in [-0.2, -0.15) is 144 Å². The molecular weight excluding hydrogens is 1130 g/mol. The van der Waals surface area contributed by atoms with Crippen LogP contribution >= 0.6 is 12.6 Å². The second kappa shape index (κ2) is 21.1. The number of Topliss-reactive ketones (excluding diaryl/α,β-unsaturated/α-hetero) is 1. The number of fused-ring (bicyclic) bond motifs is 1. The van der Waals surface area contributed by atoms with Gasteiger partial charge in [-0.3, -0.25) is 4.79 Å². The molecule has 2 nitrogen and oxygen atoms in total. The summed E-state index contributed by atoms with van der Waals surface area (Å²) in [6.45, 7) is 0.335. The maximum Gasteiger partial charge on any atom is 0.416 e. The number of alkyl halides is 24. The van der Waals surface area contributed by atoms with E-state index >= 15 is 0 Å². The van der Waals surface area contributed by atoms with E-state index in [1.54, 1.807) is 0 Å². The highest BCUT2D eigenvalue weighted by molar-refractivity contribution is 7.79. The summed E-state index contributed by atoms with van der Waals surface area (Å²) in [5.74, 6) is 0.715. The monoisotopic (exact) mass is 1160 g/mol. The van der Waals surface area contributed by atoms with Crippen LogP contribution in [-0.4, -0.2) is 11.9 Å². The Morgan fingerprint density at radius 3 is 0.897 bits per heavy atom. The molecule has 0 saturated heterocycles. The summed E-state index contributed by atoms with van der Waals surface area (Å²) in [4.78, 5) is 12.5. The van der Waals surface area contributed by atoms with E-state index in [4.69, 9.17) is 0 Å². The molecule has 0 aliphatic rings. The van der Waals surface area contributed by atoms with Crippen LogP contribution in [0.1, 0.15) is 60.6 Å². The zero-order chi connectivity index (χ0) is 58.6. The topological polar surface area (TPSA) is 20.9 Å². The number of ketones is 1. The van der Waals surface area contributed by atoms with Gasteiger partial charge in [0.15, 0.2) is 5.69 Å². The second-order valence-electron chi connectivity index (χ2n) is 17.1. The van der Waals surface area contributed by atoms with Crippen LogP contribution < -0.4 is 26.4 Å². The Kier molecular flexibility index (Phi) is 16.3. The average molecular weight is 1160 g/mol. The van der Waals surface area contributed by atoms with Crippen LogP contribution in [0.3, 0.4) is 0 Å². The van der Waals surface area contributed by atoms with Crippen LogP contribution in [0, 0.1) is 0 Å². The van der Waals surface area contributed by atoms with Gasteiger partial charge in [-0.15, -0.1) is 0 Å². The number of benzene rings is 6. The van der Waals surface area contributed by atoms with Crippen LogP contribution in [0.15, 0.2) is 140 Å². The Hall–Kier alpha value is -6.87. The molecule has 416 valence electrons. The van der Waals surface area contributed by atoms with Crippen LogP contribution in [0.25, 0.3) is 10.9 Å². The van der Waals surface area contributed by atoms with Crippen molar-refractivity contribution in [3.05, 3.63) is 195 Å². The van der Waals surface area contributed by atoms with E-state index in [1.165, 1.54) is 0 Å². The first kappa shape index (κ1) is 60.4. The molecule has 1 aromatic heterocycles. The standard InChI is InChI=1S/C32H12BF24.C18H15NOS/c34-25(35,36)13-1-14(26(37,38)39)6-21(5-13)33(22-7-15(27(40,41)42)2-16(8-22)28(43,44)45,23-9-17(29(46,47)48)3-18(10-23)30(49,50)51)24-11-19(31(52,53)54)4-20(12-24)32(55,56)57;20-18(15-7-2-1-3-8-15)12-19-16(13-21)11-10-14-6-4-5-9-17(14)19/h1-12H;1-11H,12-13H2/q-1;/p+1. The van der Waals surface area contributed by atoms with Crippen LogP contribution in [0.2, 0.25) is 0 Å². The van der Waals surface area contributed by atoms with Gasteiger partial charge < -0.3 is 0 Å². The van der Waals surface area contributed by atoms with Crippen molar-refractivity contribution in [1.29, 1.82) is 0 Å². The van der Waals surface area contributed by atoms with Gasteiger partial charge in [0, 0.05) is 23.1 Å². The van der Waals surface area contributed by atoms with E-state index in [2.05, 4.69) is 29.3 Å². The molecular formula is C50H28BF24NOS. The van der Waals surface area contributed by atoms with Crippen molar-refractivity contribution < 1.29 is 115 Å². The Morgan fingerprint density at radius 1 is 0.359 bits per heavy atom. The van der Waals surface area contributed by atoms with Crippen molar-refractivity contribution >= 4 is 57.3 Å². The maximum atomic E-state index is 14.2. The predicted molar refractivity (Wildman–Crippen MR) is 238 cm³/mol. The summed E-state index contributed by atoms with van der Waals surface area (Å²) in [5, 5.41) is 1.13. The number of hydrogen-bond acceptors (Lipinski definition) is 2. The lowest BCUT2D eigenvalue weighted by Gasteiger charge is -2.46. The fraction of sp³-hybridized carbons (Fsp3) is 0.200. The lowest BCUT2D eigenvalue weighted by atomic mass is 9.12. The number of pyridine rings is 1. The highest BCUT2D eigenvalue weighted by Crippen LogP contribution is 2.41. The number of para-hydroxylation sites is 1. The van der Waals surface area contributed by atoms with Crippen molar-refractivity contribution in [2.24, 2.45) is 0 Å². The SMILES string of the molecule is FC(F)(F)c1cc([B-](c2cc(C(F)(F)F)cc(C(F)(F)F)c2)(c2cc(C(F)(F)F)cc(C(F)(F)F)c2)c2cc(C(F)(F)F)cc(C(F)(F)F)c2)cc(C(F)(F)F)c1.O=C(C[n+]1c(CS)ccc2ccccc21)c1ccccc1. The molecule has 0 N–H and O–H groups in total. The first-order chi connectivity index (χ1) is 35.6. The Balaban J connectivity index is 0.000000387. The number of thiol groups is 1. The summed E-state index contributed by atoms with van der Waals surface area (Å²) in [7, 11) is 0. The van der Waals surface area contributed by atoms with E-state index in [0.717, 1.165) is 22.2 Å². The number of nitrogens with zero attached hydrogens (tertiary/aromatic N) is 1. The molecule has 7 rings (SSSR count). The predicted octanol–water partition coefficient (Wildman–Crippen LogP) is 14.7. The molecule has 0 atom stereocenters. The Bertz CT molecular complexity index is 2890. The lowest BCUT2D eigenvalue weighted by molar-refractivity contribution is -0.663. The molecule has 0 fully saturated rings. The van der Waals surface area contributed by atoms with Crippen LogP contribution in [-0.2, 0) is 61.7 Å². The van der Waals surface area contributed by atoms with Crippen molar-refractivity contribution in [3.63, 3.8) is 0 Å². The normalized spacial score (nSPS) is 13.3. The number of rotatable bonds is 8. The fourth-order valence-corrected chi connectivity index (χ4v) is 8.84. The van der Waals surface area contributed by atoms with Crippen molar-refractivity contribution in [1.82, 2.24) is 0 Å². The molecule has 28 heteroatoms. The van der Waals surface area contributed by atoms with Gasteiger partial charge in [0.25, 0.3) is 0 Å². The van der Waals surface area contributed by atoms with E-state index in [1.807, 2.05) is 54.6 Å². The molecule has 6 aromatic carbocycles. The van der Waals surface area contributed by atoms with Gasteiger partial charge in [-0.05, 0) is 36.4 Å². The van der Waals surface area contributed by atoms with Crippen molar-refractivity contribution in [2.45, 2.75) is 61.7 Å². The van der Waals surface area contributed by atoms with Gasteiger partial charge in [0.2, 0.25) is 17.8 Å². The first-order valence-corrected chi connectivity index (χ1v) is 22.1. The minimum absolute atomic E-state index is 0.111. The summed E-state index contributed by atoms with van der Waals surface area (Å²) < 4.78 is 343. The van der Waals surface area contributed by atoms with Crippen molar-refractivity contribution in [3.8, 4) is 0 Å². The van der Waals surface area contributed by atoms with E-state index in [9.17, 15) is 110 Å². The van der Waals surface area contributed by atoms with E-state index in [-0.39, 0.29) is 5.78 Å². The second-order valence-corrected chi connectivity index (χ2v) is 17.5. The molecule has 0 unspecified atom stereocenters. The van der Waals surface area contributed by atoms with Gasteiger partial charge in [0.1, 0.15) is 6.15 Å². The Morgan fingerprint density at radius 2 is 0.628 bits per heavy atom. The molecule has 1 heterocycles. The van der Waals surface area contributed by atoms with Gasteiger partial charge in [-0.25, -0.2) is 0 Å². The van der Waals surface area contributed by atoms with E-state index < -0.39 is 195 Å². The minimum atomic E-state index is -6.13. The number of carbonyl (C=O) groups excluding carboxylic acids is 1. The van der Waals surface area contributed by atoms with Gasteiger partial charge in [0.05, 0.1) is 50.3 Å². The minimum Gasteiger partial charge on any atom is -0.287 e. The number of carbonyl (C=O) groups is 1. The van der Waals surface area contributed by atoms with Crippen LogP contribution in [0.4, 0.5) is 105 Å². The molecule has 0 spiro atoms. The third kappa shape index (κ3) is 13.3. The number of aromatic nitrogens is 1. The molecule has 0 radical (unpaired) electrons. The molecule has 0 amide bonds. The van der Waals surface area contributed by atoms with Crippen LogP contribution in [0.5, 0.6) is 0 Å². The zero-order valence-electron chi connectivity index (χ0n) is 38.1. The van der Waals surface area contributed by atoms with Gasteiger partial charge in [-0.1, -0.05) is 91.0 Å². The summed E-state index contributed by atoms with van der Waals surface area (Å²) >= 11 is 4.38. The first-order valence-electron chi connectivity index (χ1n) is 21.5. The molecule has 0 aliphatic carbocycles. The quantitative estimate of drug-likeness (QED) is 0.0529.